The summed E-state index contributed by atoms with van der Waals surface area (Å²) in [5, 5.41) is 1.50. The summed E-state index contributed by atoms with van der Waals surface area (Å²) in [5.74, 6) is 0. The lowest BCUT2D eigenvalue weighted by molar-refractivity contribution is 0.246. The van der Waals surface area contributed by atoms with Gasteiger partial charge in [0.2, 0.25) is 0 Å². The Kier molecular flexibility index (Phi) is 6.15. The van der Waals surface area contributed by atoms with E-state index in [2.05, 4.69) is 0 Å². The Morgan fingerprint density at radius 2 is 2.06 bits per heavy atom. The topological polar surface area (TPSA) is 38.5 Å². The highest BCUT2D eigenvalue weighted by Gasteiger charge is 2.08. The van der Waals surface area contributed by atoms with Crippen LogP contribution >= 0.6 is 35.4 Å². The van der Waals surface area contributed by atoms with E-state index in [4.69, 9.17) is 45.9 Å². The number of rotatable bonds is 4. The molecule has 1 atom stereocenters. The Morgan fingerprint density at radius 3 is 2.61 bits per heavy atom. The third-order valence-corrected chi connectivity index (χ3v) is 3.49. The van der Waals surface area contributed by atoms with Crippen LogP contribution in [0.15, 0.2) is 18.2 Å². The lowest BCUT2D eigenvalue weighted by Crippen LogP contribution is -2.33. The van der Waals surface area contributed by atoms with Crippen molar-refractivity contribution in [3.8, 4) is 0 Å². The fourth-order valence-electron chi connectivity index (χ4n) is 1.34. The zero-order valence-electron chi connectivity index (χ0n) is 10.3. The maximum absolute atomic E-state index is 5.96. The standard InChI is InChI=1S/C12H16Cl2N2OS/c1-16(2)12(18)17-7-9(15)5-8-3-4-10(13)11(14)6-8/h3-4,6,9H,5,7,15H2,1-2H3/t9-/m1/s1. The van der Waals surface area contributed by atoms with Crippen LogP contribution in [0.5, 0.6) is 0 Å². The van der Waals surface area contributed by atoms with Gasteiger partial charge in [-0.15, -0.1) is 0 Å². The molecule has 1 aromatic carbocycles. The van der Waals surface area contributed by atoms with Gasteiger partial charge in [-0.1, -0.05) is 29.3 Å². The molecule has 0 fully saturated rings. The van der Waals surface area contributed by atoms with Crippen LogP contribution in [0.2, 0.25) is 10.0 Å². The summed E-state index contributed by atoms with van der Waals surface area (Å²) in [7, 11) is 3.65. The molecule has 0 aliphatic carbocycles. The molecule has 18 heavy (non-hydrogen) atoms. The monoisotopic (exact) mass is 306 g/mol. The average molecular weight is 307 g/mol. The molecule has 100 valence electrons. The van der Waals surface area contributed by atoms with Gasteiger partial charge >= 0.3 is 0 Å². The predicted octanol–water partition coefficient (Wildman–Crippen LogP) is 2.73. The minimum Gasteiger partial charge on any atom is -0.469 e. The van der Waals surface area contributed by atoms with Crippen molar-refractivity contribution in [2.24, 2.45) is 5.73 Å². The summed E-state index contributed by atoms with van der Waals surface area (Å²) < 4.78 is 5.36. The highest BCUT2D eigenvalue weighted by Crippen LogP contribution is 2.23. The van der Waals surface area contributed by atoms with Crippen molar-refractivity contribution in [3.63, 3.8) is 0 Å². The molecule has 0 aliphatic heterocycles. The predicted molar refractivity (Wildman–Crippen MR) is 80.4 cm³/mol. The van der Waals surface area contributed by atoms with Crippen LogP contribution < -0.4 is 5.73 Å². The molecular weight excluding hydrogens is 291 g/mol. The van der Waals surface area contributed by atoms with Crippen LogP contribution in [0.1, 0.15) is 5.56 Å². The normalized spacial score (nSPS) is 12.1. The summed E-state index contributed by atoms with van der Waals surface area (Å²) in [6, 6.07) is 5.34. The number of halogens is 2. The fraction of sp³-hybridized carbons (Fsp3) is 0.417. The number of thiocarbonyl (C=S) groups is 1. The van der Waals surface area contributed by atoms with Gasteiger partial charge in [-0.2, -0.15) is 0 Å². The zero-order valence-corrected chi connectivity index (χ0v) is 12.6. The Balaban J connectivity index is 2.47. The lowest BCUT2D eigenvalue weighted by atomic mass is 10.1. The Bertz CT molecular complexity index is 427. The summed E-state index contributed by atoms with van der Waals surface area (Å²) in [4.78, 5) is 1.72. The van der Waals surface area contributed by atoms with Gasteiger partial charge < -0.3 is 15.4 Å². The van der Waals surface area contributed by atoms with Gasteiger partial charge in [-0.3, -0.25) is 0 Å². The fourth-order valence-corrected chi connectivity index (χ4v) is 1.72. The molecule has 0 unspecified atom stereocenters. The first-order valence-corrected chi connectivity index (χ1v) is 6.60. The maximum Gasteiger partial charge on any atom is 0.258 e. The van der Waals surface area contributed by atoms with Crippen LogP contribution in [-0.2, 0) is 11.2 Å². The molecule has 0 aromatic heterocycles. The van der Waals surface area contributed by atoms with E-state index >= 15 is 0 Å². The van der Waals surface area contributed by atoms with Crippen molar-refractivity contribution in [2.75, 3.05) is 20.7 Å². The number of hydrogen-bond acceptors (Lipinski definition) is 3. The third kappa shape index (κ3) is 4.98. The smallest absolute Gasteiger partial charge is 0.258 e. The van der Waals surface area contributed by atoms with E-state index in [1.807, 2.05) is 26.2 Å². The molecule has 0 saturated heterocycles. The molecule has 0 heterocycles. The van der Waals surface area contributed by atoms with Gasteiger partial charge in [-0.25, -0.2) is 0 Å². The van der Waals surface area contributed by atoms with Crippen molar-refractivity contribution < 1.29 is 4.74 Å². The van der Waals surface area contributed by atoms with Crippen molar-refractivity contribution in [2.45, 2.75) is 12.5 Å². The first-order valence-electron chi connectivity index (χ1n) is 5.43. The van der Waals surface area contributed by atoms with Crippen LogP contribution in [0.3, 0.4) is 0 Å². The zero-order chi connectivity index (χ0) is 13.7. The van der Waals surface area contributed by atoms with Gasteiger partial charge in [-0.05, 0) is 36.3 Å². The van der Waals surface area contributed by atoms with Gasteiger partial charge in [0.25, 0.3) is 5.17 Å². The SMILES string of the molecule is CN(C)C(=S)OC[C@H](N)Cc1ccc(Cl)c(Cl)c1. The molecule has 0 saturated carbocycles. The molecule has 0 radical (unpaired) electrons. The summed E-state index contributed by atoms with van der Waals surface area (Å²) in [5.41, 5.74) is 6.99. The van der Waals surface area contributed by atoms with E-state index < -0.39 is 0 Å². The van der Waals surface area contributed by atoms with Gasteiger partial charge in [0.1, 0.15) is 6.61 Å². The van der Waals surface area contributed by atoms with E-state index in [0.717, 1.165) is 5.56 Å². The van der Waals surface area contributed by atoms with Crippen molar-refractivity contribution in [3.05, 3.63) is 33.8 Å². The Hall–Kier alpha value is -0.550. The van der Waals surface area contributed by atoms with E-state index in [0.29, 0.717) is 28.2 Å². The molecule has 3 nitrogen and oxygen atoms in total. The summed E-state index contributed by atoms with van der Waals surface area (Å²) in [6.45, 7) is 0.372. The molecule has 2 N–H and O–H groups in total. The van der Waals surface area contributed by atoms with Gasteiger partial charge in [0.05, 0.1) is 10.0 Å². The van der Waals surface area contributed by atoms with E-state index in [1.165, 1.54) is 0 Å². The van der Waals surface area contributed by atoms with Crippen LogP contribution in [0.25, 0.3) is 0 Å². The minimum absolute atomic E-state index is 0.139. The first-order chi connectivity index (χ1) is 8.40. The van der Waals surface area contributed by atoms with E-state index in [1.54, 1.807) is 11.0 Å². The van der Waals surface area contributed by atoms with Crippen molar-refractivity contribution >= 4 is 40.6 Å². The molecule has 0 aliphatic rings. The van der Waals surface area contributed by atoms with Crippen LogP contribution in [0, 0.1) is 0 Å². The molecule has 1 aromatic rings. The van der Waals surface area contributed by atoms with Gasteiger partial charge in [0, 0.05) is 20.1 Å². The second kappa shape index (κ2) is 7.14. The van der Waals surface area contributed by atoms with Gasteiger partial charge in [0.15, 0.2) is 0 Å². The second-order valence-corrected chi connectivity index (χ2v) is 5.35. The summed E-state index contributed by atoms with van der Waals surface area (Å²) >= 11 is 16.8. The molecule has 0 amide bonds. The Morgan fingerprint density at radius 1 is 1.39 bits per heavy atom. The van der Waals surface area contributed by atoms with Crippen LogP contribution in [-0.4, -0.2) is 36.8 Å². The lowest BCUT2D eigenvalue weighted by Gasteiger charge is -2.17. The number of nitrogens with zero attached hydrogens (tertiary/aromatic N) is 1. The highest BCUT2D eigenvalue weighted by atomic mass is 35.5. The molecule has 6 heteroatoms. The number of hydrogen-bond donors (Lipinski definition) is 1. The van der Waals surface area contributed by atoms with Crippen molar-refractivity contribution in [1.82, 2.24) is 4.90 Å². The van der Waals surface area contributed by atoms with E-state index in [9.17, 15) is 0 Å². The number of nitrogens with two attached hydrogens (primary N) is 1. The number of benzene rings is 1. The molecule has 0 spiro atoms. The third-order valence-electron chi connectivity index (χ3n) is 2.27. The Labute approximate surface area is 123 Å². The first kappa shape index (κ1) is 15.5. The minimum atomic E-state index is -0.139. The molecule has 0 bridgehead atoms. The van der Waals surface area contributed by atoms with Crippen LogP contribution in [0.4, 0.5) is 0 Å². The van der Waals surface area contributed by atoms with Crippen molar-refractivity contribution in [1.29, 1.82) is 0 Å². The van der Waals surface area contributed by atoms with E-state index in [-0.39, 0.29) is 6.04 Å². The largest absolute Gasteiger partial charge is 0.469 e. The average Bonchev–Trinajstić information content (AvgIpc) is 2.30. The maximum atomic E-state index is 5.96. The molecular formula is C12H16Cl2N2OS. The second-order valence-electron chi connectivity index (χ2n) is 4.18. The summed E-state index contributed by atoms with van der Waals surface area (Å²) in [6.07, 6.45) is 0.660. The quantitative estimate of drug-likeness (QED) is 0.868. The number of ether oxygens (including phenoxy) is 1. The highest BCUT2D eigenvalue weighted by molar-refractivity contribution is 7.80. The molecule has 1 rings (SSSR count).